The standard InChI is InChI=1S/C18H23N5O2/c24-7-6-20-18-21-16(13-4-8-25-12-13)9-17(22-18)23-10-14(11-23)15-3-1-2-5-19-15/h1-3,5,9,13-14,24H,4,6-8,10-12H2,(H,20,21,22). The first-order valence-corrected chi connectivity index (χ1v) is 8.81. The van der Waals surface area contributed by atoms with E-state index in [9.17, 15) is 0 Å². The minimum absolute atomic E-state index is 0.0565. The Morgan fingerprint density at radius 3 is 2.84 bits per heavy atom. The normalized spacial score (nSPS) is 20.5. The molecular formula is C18H23N5O2. The maximum absolute atomic E-state index is 9.05. The van der Waals surface area contributed by atoms with Gasteiger partial charge in [0.15, 0.2) is 0 Å². The molecule has 2 aliphatic heterocycles. The van der Waals surface area contributed by atoms with Gasteiger partial charge in [-0.25, -0.2) is 4.98 Å². The van der Waals surface area contributed by atoms with E-state index < -0.39 is 0 Å². The minimum Gasteiger partial charge on any atom is -0.395 e. The zero-order chi connectivity index (χ0) is 17.1. The van der Waals surface area contributed by atoms with Crippen LogP contribution in [0.1, 0.15) is 29.6 Å². The Balaban J connectivity index is 1.51. The quantitative estimate of drug-likeness (QED) is 0.821. The summed E-state index contributed by atoms with van der Waals surface area (Å²) < 4.78 is 5.51. The van der Waals surface area contributed by atoms with Gasteiger partial charge >= 0.3 is 0 Å². The predicted octanol–water partition coefficient (Wildman–Crippen LogP) is 1.38. The maximum atomic E-state index is 9.05. The van der Waals surface area contributed by atoms with Crippen LogP contribution >= 0.6 is 0 Å². The molecule has 2 aromatic rings. The SMILES string of the molecule is OCCNc1nc(C2CCOC2)cc(N2CC(c3ccccn3)C2)n1. The molecule has 1 atom stereocenters. The van der Waals surface area contributed by atoms with Crippen LogP contribution in [0, 0.1) is 0 Å². The van der Waals surface area contributed by atoms with Crippen molar-refractivity contribution in [1.82, 2.24) is 15.0 Å². The highest BCUT2D eigenvalue weighted by Crippen LogP contribution is 2.32. The Kier molecular flexibility index (Phi) is 4.76. The molecule has 0 amide bonds. The zero-order valence-corrected chi connectivity index (χ0v) is 14.1. The van der Waals surface area contributed by atoms with E-state index in [0.29, 0.717) is 30.9 Å². The number of aliphatic hydroxyl groups is 1. The summed E-state index contributed by atoms with van der Waals surface area (Å²) in [6.07, 6.45) is 2.84. The van der Waals surface area contributed by atoms with Gasteiger partial charge in [0.2, 0.25) is 5.95 Å². The van der Waals surface area contributed by atoms with Gasteiger partial charge in [-0.15, -0.1) is 0 Å². The Hall–Kier alpha value is -2.25. The lowest BCUT2D eigenvalue weighted by atomic mass is 9.95. The summed E-state index contributed by atoms with van der Waals surface area (Å²) in [5, 5.41) is 12.1. The molecular weight excluding hydrogens is 318 g/mol. The molecule has 0 aromatic carbocycles. The summed E-state index contributed by atoms with van der Waals surface area (Å²) in [5.41, 5.74) is 2.15. The van der Waals surface area contributed by atoms with Gasteiger partial charge in [0, 0.05) is 56.0 Å². The van der Waals surface area contributed by atoms with Crippen LogP contribution in [-0.4, -0.2) is 59.5 Å². The fraction of sp³-hybridized carbons (Fsp3) is 0.500. The first-order chi connectivity index (χ1) is 12.3. The van der Waals surface area contributed by atoms with Gasteiger partial charge in [0.1, 0.15) is 5.82 Å². The van der Waals surface area contributed by atoms with E-state index in [2.05, 4.69) is 37.3 Å². The summed E-state index contributed by atoms with van der Waals surface area (Å²) >= 11 is 0. The van der Waals surface area contributed by atoms with Gasteiger partial charge in [-0.2, -0.15) is 4.98 Å². The van der Waals surface area contributed by atoms with E-state index in [1.807, 2.05) is 18.3 Å². The van der Waals surface area contributed by atoms with Crippen molar-refractivity contribution in [1.29, 1.82) is 0 Å². The molecule has 0 aliphatic carbocycles. The molecule has 25 heavy (non-hydrogen) atoms. The van der Waals surface area contributed by atoms with Gasteiger partial charge in [0.25, 0.3) is 0 Å². The fourth-order valence-electron chi connectivity index (χ4n) is 3.31. The molecule has 0 radical (unpaired) electrons. The van der Waals surface area contributed by atoms with Crippen LogP contribution in [-0.2, 0) is 4.74 Å². The second-order valence-electron chi connectivity index (χ2n) is 6.54. The molecule has 2 fully saturated rings. The fourth-order valence-corrected chi connectivity index (χ4v) is 3.31. The van der Waals surface area contributed by atoms with Crippen molar-refractivity contribution in [3.8, 4) is 0 Å². The van der Waals surface area contributed by atoms with Gasteiger partial charge in [0.05, 0.1) is 18.9 Å². The van der Waals surface area contributed by atoms with E-state index in [0.717, 1.165) is 43.3 Å². The zero-order valence-electron chi connectivity index (χ0n) is 14.1. The minimum atomic E-state index is 0.0565. The number of aromatic nitrogens is 3. The number of pyridine rings is 1. The van der Waals surface area contributed by atoms with Crippen molar-refractivity contribution in [2.45, 2.75) is 18.3 Å². The molecule has 0 saturated carbocycles. The van der Waals surface area contributed by atoms with Crippen molar-refractivity contribution in [3.63, 3.8) is 0 Å². The van der Waals surface area contributed by atoms with Gasteiger partial charge in [-0.1, -0.05) is 6.07 Å². The molecule has 0 spiro atoms. The molecule has 0 bridgehead atoms. The average molecular weight is 341 g/mol. The summed E-state index contributed by atoms with van der Waals surface area (Å²) in [6, 6.07) is 8.14. The second-order valence-corrected chi connectivity index (χ2v) is 6.54. The van der Waals surface area contributed by atoms with Crippen LogP contribution in [0.5, 0.6) is 0 Å². The third-order valence-corrected chi connectivity index (χ3v) is 4.79. The van der Waals surface area contributed by atoms with Crippen LogP contribution in [0.2, 0.25) is 0 Å². The van der Waals surface area contributed by atoms with E-state index in [1.165, 1.54) is 0 Å². The van der Waals surface area contributed by atoms with E-state index >= 15 is 0 Å². The molecule has 1 unspecified atom stereocenters. The summed E-state index contributed by atoms with van der Waals surface area (Å²) in [5.74, 6) is 2.28. The molecule has 4 heterocycles. The Bertz CT molecular complexity index is 700. The number of ether oxygens (including phenoxy) is 1. The highest BCUT2D eigenvalue weighted by Gasteiger charge is 2.31. The van der Waals surface area contributed by atoms with Crippen LogP contribution < -0.4 is 10.2 Å². The van der Waals surface area contributed by atoms with Crippen LogP contribution in [0.4, 0.5) is 11.8 Å². The second kappa shape index (κ2) is 7.33. The summed E-state index contributed by atoms with van der Waals surface area (Å²) in [6.45, 7) is 3.82. The van der Waals surface area contributed by atoms with Crippen molar-refractivity contribution in [2.75, 3.05) is 49.7 Å². The Morgan fingerprint density at radius 2 is 2.12 bits per heavy atom. The lowest BCUT2D eigenvalue weighted by Crippen LogP contribution is -2.46. The maximum Gasteiger partial charge on any atom is 0.224 e. The third kappa shape index (κ3) is 3.57. The number of hydrogen-bond donors (Lipinski definition) is 2. The number of nitrogens with zero attached hydrogens (tertiary/aromatic N) is 4. The van der Waals surface area contributed by atoms with E-state index in [4.69, 9.17) is 9.84 Å². The molecule has 4 rings (SSSR count). The molecule has 2 aromatic heterocycles. The molecule has 7 heteroatoms. The highest BCUT2D eigenvalue weighted by atomic mass is 16.5. The number of anilines is 2. The molecule has 2 aliphatic rings. The number of rotatable bonds is 6. The van der Waals surface area contributed by atoms with E-state index in [1.54, 1.807) is 0 Å². The largest absolute Gasteiger partial charge is 0.395 e. The smallest absolute Gasteiger partial charge is 0.224 e. The van der Waals surface area contributed by atoms with Crippen LogP contribution in [0.25, 0.3) is 0 Å². The van der Waals surface area contributed by atoms with Crippen LogP contribution in [0.15, 0.2) is 30.5 Å². The molecule has 7 nitrogen and oxygen atoms in total. The summed E-state index contributed by atoms with van der Waals surface area (Å²) in [4.78, 5) is 15.9. The van der Waals surface area contributed by atoms with E-state index in [-0.39, 0.29) is 6.61 Å². The highest BCUT2D eigenvalue weighted by molar-refractivity contribution is 5.49. The van der Waals surface area contributed by atoms with Gasteiger partial charge in [-0.05, 0) is 18.6 Å². The van der Waals surface area contributed by atoms with Crippen molar-refractivity contribution < 1.29 is 9.84 Å². The Labute approximate surface area is 147 Å². The predicted molar refractivity (Wildman–Crippen MR) is 95.0 cm³/mol. The third-order valence-electron chi connectivity index (χ3n) is 4.79. The van der Waals surface area contributed by atoms with Crippen molar-refractivity contribution in [3.05, 3.63) is 41.9 Å². The van der Waals surface area contributed by atoms with Crippen molar-refractivity contribution in [2.24, 2.45) is 0 Å². The Morgan fingerprint density at radius 1 is 1.20 bits per heavy atom. The van der Waals surface area contributed by atoms with Gasteiger partial charge in [-0.3, -0.25) is 4.98 Å². The topological polar surface area (TPSA) is 83.4 Å². The number of hydrogen-bond acceptors (Lipinski definition) is 7. The first-order valence-electron chi connectivity index (χ1n) is 8.81. The lowest BCUT2D eigenvalue weighted by molar-refractivity contribution is 0.193. The number of nitrogens with one attached hydrogen (secondary N) is 1. The van der Waals surface area contributed by atoms with Crippen molar-refractivity contribution >= 4 is 11.8 Å². The molecule has 132 valence electrons. The molecule has 2 N–H and O–H groups in total. The monoisotopic (exact) mass is 341 g/mol. The van der Waals surface area contributed by atoms with Gasteiger partial charge < -0.3 is 20.1 Å². The molecule has 2 saturated heterocycles. The summed E-state index contributed by atoms with van der Waals surface area (Å²) in [7, 11) is 0. The first kappa shape index (κ1) is 16.2. The lowest BCUT2D eigenvalue weighted by Gasteiger charge is -2.40. The number of aliphatic hydroxyl groups excluding tert-OH is 1. The van der Waals surface area contributed by atoms with Crippen LogP contribution in [0.3, 0.4) is 0 Å². The average Bonchev–Trinajstić information content (AvgIpc) is 3.14.